The number of ether oxygens (including phenoxy) is 1. The highest BCUT2D eigenvalue weighted by molar-refractivity contribution is 5.15. The van der Waals surface area contributed by atoms with Crippen LogP contribution in [-0.4, -0.2) is 53.8 Å². The molecule has 0 spiro atoms. The van der Waals surface area contributed by atoms with Crippen LogP contribution in [0, 0.1) is 6.57 Å². The molecular weight excluding hydrogens is 286 g/mol. The molecule has 0 saturated carbocycles. The Hall–Kier alpha value is -1.41. The molecule has 23 heavy (non-hydrogen) atoms. The summed E-state index contributed by atoms with van der Waals surface area (Å²) >= 11 is 0. The van der Waals surface area contributed by atoms with Gasteiger partial charge in [0.05, 0.1) is 25.0 Å². The molecule has 4 nitrogen and oxygen atoms in total. The zero-order chi connectivity index (χ0) is 16.5. The van der Waals surface area contributed by atoms with Crippen LogP contribution >= 0.6 is 0 Å². The van der Waals surface area contributed by atoms with Gasteiger partial charge in [-0.3, -0.25) is 9.74 Å². The smallest absolute Gasteiger partial charge is 0.293 e. The third kappa shape index (κ3) is 3.42. The van der Waals surface area contributed by atoms with Crippen molar-refractivity contribution in [1.82, 2.24) is 9.80 Å². The van der Waals surface area contributed by atoms with E-state index in [2.05, 4.69) is 65.9 Å². The van der Waals surface area contributed by atoms with E-state index in [1.807, 2.05) is 0 Å². The summed E-state index contributed by atoms with van der Waals surface area (Å²) in [6, 6.07) is 11.1. The van der Waals surface area contributed by atoms with E-state index in [0.29, 0.717) is 12.6 Å². The van der Waals surface area contributed by atoms with Gasteiger partial charge in [-0.15, -0.1) is 0 Å². The first-order chi connectivity index (χ1) is 10.9. The van der Waals surface area contributed by atoms with Crippen molar-refractivity contribution in [2.24, 2.45) is 0 Å². The summed E-state index contributed by atoms with van der Waals surface area (Å²) in [5.74, 6) is 0. The quantitative estimate of drug-likeness (QED) is 0.797. The SMILES string of the molecule is [C-]#[N+]C1(N2CC(N(C)Cc3ccccc3)C2)CCOC(C)(C)C1. The average Bonchev–Trinajstić information content (AvgIpc) is 2.45. The fourth-order valence-electron chi connectivity index (χ4n) is 3.82. The number of likely N-dealkylation sites (tertiary alicyclic amines) is 1. The number of likely N-dealkylation sites (N-methyl/N-ethyl adjacent to an activating group) is 1. The van der Waals surface area contributed by atoms with Gasteiger partial charge in [-0.05, 0) is 26.5 Å². The number of hydrogen-bond donors (Lipinski definition) is 0. The van der Waals surface area contributed by atoms with Crippen molar-refractivity contribution in [1.29, 1.82) is 0 Å². The van der Waals surface area contributed by atoms with Gasteiger partial charge in [-0.2, -0.15) is 0 Å². The molecule has 2 saturated heterocycles. The molecule has 2 heterocycles. The molecule has 1 aromatic carbocycles. The van der Waals surface area contributed by atoms with Gasteiger partial charge in [-0.1, -0.05) is 30.3 Å². The zero-order valence-corrected chi connectivity index (χ0v) is 14.5. The first kappa shape index (κ1) is 16.4. The summed E-state index contributed by atoms with van der Waals surface area (Å²) in [7, 11) is 2.19. The summed E-state index contributed by atoms with van der Waals surface area (Å²) in [5.41, 5.74) is 0.802. The van der Waals surface area contributed by atoms with Gasteiger partial charge >= 0.3 is 0 Å². The maximum atomic E-state index is 7.76. The van der Waals surface area contributed by atoms with Crippen molar-refractivity contribution in [2.45, 2.75) is 50.5 Å². The molecule has 1 unspecified atom stereocenters. The molecule has 0 aliphatic carbocycles. The van der Waals surface area contributed by atoms with Crippen LogP contribution < -0.4 is 0 Å². The van der Waals surface area contributed by atoms with Gasteiger partial charge in [0, 0.05) is 25.7 Å². The van der Waals surface area contributed by atoms with Crippen LogP contribution in [0.2, 0.25) is 0 Å². The lowest BCUT2D eigenvalue weighted by molar-refractivity contribution is -0.131. The molecule has 0 N–H and O–H groups in total. The minimum absolute atomic E-state index is 0.191. The first-order valence-corrected chi connectivity index (χ1v) is 8.46. The number of benzene rings is 1. The Balaban J connectivity index is 1.58. The Morgan fingerprint density at radius 2 is 2.00 bits per heavy atom. The summed E-state index contributed by atoms with van der Waals surface area (Å²) in [6.45, 7) is 15.6. The van der Waals surface area contributed by atoms with Crippen molar-refractivity contribution >= 4 is 0 Å². The predicted molar refractivity (Wildman–Crippen MR) is 91.9 cm³/mol. The topological polar surface area (TPSA) is 20.1 Å². The Kier molecular flexibility index (Phi) is 4.46. The van der Waals surface area contributed by atoms with E-state index in [0.717, 1.165) is 32.5 Å². The standard InChI is InChI=1S/C19H27N3O/c1-18(2)15-19(20-3,10-11-23-18)22-13-17(14-22)21(4)12-16-8-6-5-7-9-16/h5-9,17H,10-15H2,1-2,4H3. The zero-order valence-electron chi connectivity index (χ0n) is 14.5. The Bertz CT molecular complexity index is 574. The number of nitrogens with zero attached hydrogens (tertiary/aromatic N) is 3. The van der Waals surface area contributed by atoms with Crippen molar-refractivity contribution in [3.63, 3.8) is 0 Å². The minimum atomic E-state index is -0.355. The van der Waals surface area contributed by atoms with E-state index >= 15 is 0 Å². The van der Waals surface area contributed by atoms with Crippen molar-refractivity contribution < 1.29 is 4.74 Å². The molecule has 1 atom stereocenters. The van der Waals surface area contributed by atoms with E-state index in [4.69, 9.17) is 11.3 Å². The predicted octanol–water partition coefficient (Wildman–Crippen LogP) is 3.01. The monoisotopic (exact) mass is 313 g/mol. The number of hydrogen-bond acceptors (Lipinski definition) is 3. The van der Waals surface area contributed by atoms with Gasteiger partial charge in [-0.25, -0.2) is 11.5 Å². The summed E-state index contributed by atoms with van der Waals surface area (Å²) in [6.07, 6.45) is 1.63. The average molecular weight is 313 g/mol. The maximum absolute atomic E-state index is 7.76. The van der Waals surface area contributed by atoms with Crippen molar-refractivity contribution in [2.75, 3.05) is 26.7 Å². The largest absolute Gasteiger partial charge is 0.375 e. The normalized spacial score (nSPS) is 28.3. The second-order valence-corrected chi connectivity index (χ2v) is 7.59. The van der Waals surface area contributed by atoms with Crippen LogP contribution in [0.1, 0.15) is 32.3 Å². The molecule has 1 aromatic rings. The molecule has 0 aromatic heterocycles. The van der Waals surface area contributed by atoms with Crippen LogP contribution in [0.5, 0.6) is 0 Å². The molecule has 0 bridgehead atoms. The molecule has 124 valence electrons. The summed E-state index contributed by atoms with van der Waals surface area (Å²) in [4.78, 5) is 8.83. The molecule has 2 aliphatic heterocycles. The van der Waals surface area contributed by atoms with E-state index in [-0.39, 0.29) is 11.3 Å². The summed E-state index contributed by atoms with van der Waals surface area (Å²) < 4.78 is 5.81. The van der Waals surface area contributed by atoms with Crippen molar-refractivity contribution in [3.05, 3.63) is 47.3 Å². The second kappa shape index (κ2) is 6.24. The van der Waals surface area contributed by atoms with Crippen LogP contribution in [-0.2, 0) is 11.3 Å². The number of rotatable bonds is 4. The molecule has 4 heteroatoms. The molecular formula is C19H27N3O. The third-order valence-electron chi connectivity index (χ3n) is 5.26. The van der Waals surface area contributed by atoms with E-state index in [9.17, 15) is 0 Å². The van der Waals surface area contributed by atoms with Gasteiger partial charge in [0.1, 0.15) is 0 Å². The van der Waals surface area contributed by atoms with E-state index in [1.54, 1.807) is 0 Å². The maximum Gasteiger partial charge on any atom is 0.293 e. The van der Waals surface area contributed by atoms with Gasteiger partial charge in [0.25, 0.3) is 5.66 Å². The highest BCUT2D eigenvalue weighted by atomic mass is 16.5. The van der Waals surface area contributed by atoms with Gasteiger partial charge in [0.2, 0.25) is 0 Å². The van der Waals surface area contributed by atoms with Crippen LogP contribution in [0.4, 0.5) is 0 Å². The van der Waals surface area contributed by atoms with E-state index in [1.165, 1.54) is 5.56 Å². The first-order valence-electron chi connectivity index (χ1n) is 8.46. The minimum Gasteiger partial charge on any atom is -0.375 e. The second-order valence-electron chi connectivity index (χ2n) is 7.59. The van der Waals surface area contributed by atoms with Crippen LogP contribution in [0.15, 0.2) is 30.3 Å². The molecule has 2 fully saturated rings. The lowest BCUT2D eigenvalue weighted by Gasteiger charge is -2.51. The highest BCUT2D eigenvalue weighted by Crippen LogP contribution is 2.40. The Morgan fingerprint density at radius 1 is 1.30 bits per heavy atom. The van der Waals surface area contributed by atoms with Crippen LogP contribution in [0.3, 0.4) is 0 Å². The lowest BCUT2D eigenvalue weighted by atomic mass is 9.84. The molecule has 3 rings (SSSR count). The highest BCUT2D eigenvalue weighted by Gasteiger charge is 2.55. The van der Waals surface area contributed by atoms with Crippen molar-refractivity contribution in [3.8, 4) is 0 Å². The molecule has 0 radical (unpaired) electrons. The molecule has 2 aliphatic rings. The summed E-state index contributed by atoms with van der Waals surface area (Å²) in [5, 5.41) is 0. The van der Waals surface area contributed by atoms with Gasteiger partial charge in [0.15, 0.2) is 0 Å². The Labute approximate surface area is 139 Å². The fraction of sp³-hybridized carbons (Fsp3) is 0.632. The van der Waals surface area contributed by atoms with Gasteiger partial charge < -0.3 is 4.74 Å². The Morgan fingerprint density at radius 3 is 2.61 bits per heavy atom. The van der Waals surface area contributed by atoms with Crippen LogP contribution in [0.25, 0.3) is 4.85 Å². The molecule has 0 amide bonds. The van der Waals surface area contributed by atoms with E-state index < -0.39 is 0 Å². The lowest BCUT2D eigenvalue weighted by Crippen LogP contribution is -2.67. The fourth-order valence-corrected chi connectivity index (χ4v) is 3.82. The third-order valence-corrected chi connectivity index (χ3v) is 5.26.